The van der Waals surface area contributed by atoms with Gasteiger partial charge in [-0.2, -0.15) is 0 Å². The molecule has 0 aliphatic carbocycles. The number of nitrogens with zero attached hydrogens (tertiary/aromatic N) is 1. The predicted octanol–water partition coefficient (Wildman–Crippen LogP) is 2.58. The lowest BCUT2D eigenvalue weighted by Crippen LogP contribution is -1.89. The molecular formula is C7H6INO3S. The van der Waals surface area contributed by atoms with Crippen LogP contribution in [0.5, 0.6) is 5.75 Å². The first kappa shape index (κ1) is 10.6. The van der Waals surface area contributed by atoms with E-state index in [4.69, 9.17) is 4.74 Å². The molecule has 0 amide bonds. The normalized spacial score (nSPS) is 9.69. The van der Waals surface area contributed by atoms with E-state index in [2.05, 4.69) is 0 Å². The largest absolute Gasteiger partial charge is 0.497 e. The van der Waals surface area contributed by atoms with Crippen LogP contribution in [-0.4, -0.2) is 11.4 Å². The van der Waals surface area contributed by atoms with Crippen molar-refractivity contribution >= 4 is 34.5 Å². The van der Waals surface area contributed by atoms with Crippen molar-refractivity contribution in [1.82, 2.24) is 0 Å². The van der Waals surface area contributed by atoms with E-state index in [-0.39, 0.29) is 0 Å². The zero-order chi connectivity index (χ0) is 9.84. The van der Waals surface area contributed by atoms with E-state index in [1.807, 2.05) is 22.6 Å². The van der Waals surface area contributed by atoms with Crippen molar-refractivity contribution in [3.05, 3.63) is 31.9 Å². The van der Waals surface area contributed by atoms with Crippen LogP contribution >= 0.6 is 34.5 Å². The molecule has 0 aliphatic heterocycles. The molecule has 0 aliphatic rings. The second-order valence-corrected chi connectivity index (χ2v) is 4.19. The van der Waals surface area contributed by atoms with E-state index in [1.54, 1.807) is 18.2 Å². The molecule has 6 heteroatoms. The van der Waals surface area contributed by atoms with Gasteiger partial charge in [0.2, 0.25) is 0 Å². The fourth-order valence-corrected chi connectivity index (χ4v) is 1.88. The van der Waals surface area contributed by atoms with E-state index in [1.165, 1.54) is 7.11 Å². The molecule has 0 heterocycles. The zero-order valence-electron chi connectivity index (χ0n) is 6.69. The van der Waals surface area contributed by atoms with E-state index in [0.717, 1.165) is 3.57 Å². The molecule has 0 saturated heterocycles. The molecule has 1 aromatic carbocycles. The Labute approximate surface area is 93.1 Å². The molecule has 0 atom stereocenters. The van der Waals surface area contributed by atoms with Gasteiger partial charge >= 0.3 is 0 Å². The molecule has 1 rings (SSSR count). The van der Waals surface area contributed by atoms with E-state index in [9.17, 15) is 10.1 Å². The summed E-state index contributed by atoms with van der Waals surface area (Å²) in [6.07, 6.45) is 0. The Bertz CT molecular complexity index is 332. The van der Waals surface area contributed by atoms with Crippen LogP contribution < -0.4 is 4.74 Å². The molecule has 0 bridgehead atoms. The zero-order valence-corrected chi connectivity index (χ0v) is 9.66. The first-order valence-electron chi connectivity index (χ1n) is 3.29. The summed E-state index contributed by atoms with van der Waals surface area (Å²) in [6, 6.07) is 5.20. The van der Waals surface area contributed by atoms with Crippen LogP contribution in [0.15, 0.2) is 23.1 Å². The van der Waals surface area contributed by atoms with Gasteiger partial charge in [0.05, 0.1) is 7.11 Å². The third kappa shape index (κ3) is 3.03. The predicted molar refractivity (Wildman–Crippen MR) is 58.6 cm³/mol. The van der Waals surface area contributed by atoms with Gasteiger partial charge in [-0.15, -0.1) is 0 Å². The van der Waals surface area contributed by atoms with E-state index in [0.29, 0.717) is 22.6 Å². The van der Waals surface area contributed by atoms with Crippen molar-refractivity contribution in [2.45, 2.75) is 4.90 Å². The maximum atomic E-state index is 10.2. The van der Waals surface area contributed by atoms with Gasteiger partial charge in [0.25, 0.3) is 11.9 Å². The number of nitro groups is 1. The Kier molecular flexibility index (Phi) is 3.79. The monoisotopic (exact) mass is 311 g/mol. The standard InChI is InChI=1S/C7H6INO3S/c1-12-5-2-3-6(8)7(4-5)13-9(10)11/h2-4H,1H3. The Morgan fingerprint density at radius 3 is 2.85 bits per heavy atom. The highest BCUT2D eigenvalue weighted by Crippen LogP contribution is 2.28. The summed E-state index contributed by atoms with van der Waals surface area (Å²) in [5, 5.41) is 10.2. The number of hydrogen-bond acceptors (Lipinski definition) is 4. The molecular weight excluding hydrogens is 305 g/mol. The summed E-state index contributed by atoms with van der Waals surface area (Å²) in [5.74, 6) is 0.629. The number of hydrogen-bond donors (Lipinski definition) is 0. The van der Waals surface area contributed by atoms with Crippen molar-refractivity contribution in [3.63, 3.8) is 0 Å². The first-order valence-corrected chi connectivity index (χ1v) is 5.14. The summed E-state index contributed by atoms with van der Waals surface area (Å²) in [5.41, 5.74) is 0. The van der Waals surface area contributed by atoms with Crippen LogP contribution in [0, 0.1) is 13.7 Å². The van der Waals surface area contributed by atoms with Crippen LogP contribution in [0.2, 0.25) is 0 Å². The summed E-state index contributed by atoms with van der Waals surface area (Å²) in [7, 11) is 1.53. The van der Waals surface area contributed by atoms with Gasteiger partial charge in [-0.05, 0) is 34.7 Å². The van der Waals surface area contributed by atoms with Gasteiger partial charge in [-0.25, -0.2) is 0 Å². The number of halogens is 1. The highest BCUT2D eigenvalue weighted by atomic mass is 127. The van der Waals surface area contributed by atoms with Crippen molar-refractivity contribution in [3.8, 4) is 5.75 Å². The molecule has 0 unspecified atom stereocenters. The summed E-state index contributed by atoms with van der Waals surface area (Å²) < 4.78 is 5.37. The summed E-state index contributed by atoms with van der Waals surface area (Å²) in [6.45, 7) is 0. The Morgan fingerprint density at radius 2 is 2.31 bits per heavy atom. The second kappa shape index (κ2) is 4.66. The maximum absolute atomic E-state index is 10.2. The van der Waals surface area contributed by atoms with Crippen molar-refractivity contribution in [1.29, 1.82) is 0 Å². The Morgan fingerprint density at radius 1 is 1.62 bits per heavy atom. The third-order valence-electron chi connectivity index (χ3n) is 1.31. The fraction of sp³-hybridized carbons (Fsp3) is 0.143. The lowest BCUT2D eigenvalue weighted by atomic mass is 10.3. The average Bonchev–Trinajstić information content (AvgIpc) is 2.08. The third-order valence-corrected chi connectivity index (χ3v) is 3.30. The molecule has 70 valence electrons. The van der Waals surface area contributed by atoms with Crippen molar-refractivity contribution in [2.75, 3.05) is 7.11 Å². The van der Waals surface area contributed by atoms with Gasteiger partial charge in [0.15, 0.2) is 0 Å². The fourth-order valence-electron chi connectivity index (χ4n) is 0.761. The molecule has 0 saturated carbocycles. The lowest BCUT2D eigenvalue weighted by Gasteiger charge is -2.01. The molecule has 1 aromatic rings. The molecule has 0 aromatic heterocycles. The topological polar surface area (TPSA) is 52.4 Å². The quantitative estimate of drug-likeness (QED) is 0.373. The van der Waals surface area contributed by atoms with Crippen LogP contribution in [0.25, 0.3) is 0 Å². The number of rotatable bonds is 3. The Hall–Kier alpha value is -0.500. The van der Waals surface area contributed by atoms with Gasteiger partial charge in [0, 0.05) is 9.64 Å². The first-order chi connectivity index (χ1) is 6.13. The van der Waals surface area contributed by atoms with E-state index < -0.39 is 4.33 Å². The van der Waals surface area contributed by atoms with Crippen molar-refractivity contribution < 1.29 is 9.07 Å². The minimum atomic E-state index is -0.434. The smallest absolute Gasteiger partial charge is 0.266 e. The maximum Gasteiger partial charge on any atom is 0.266 e. The molecule has 0 spiro atoms. The lowest BCUT2D eigenvalue weighted by molar-refractivity contribution is -0.284. The van der Waals surface area contributed by atoms with Crippen LogP contribution in [0.3, 0.4) is 0 Å². The van der Waals surface area contributed by atoms with Crippen LogP contribution in [-0.2, 0) is 0 Å². The van der Waals surface area contributed by atoms with Gasteiger partial charge in [-0.3, -0.25) is 10.1 Å². The molecule has 13 heavy (non-hydrogen) atoms. The minimum absolute atomic E-state index is 0.434. The van der Waals surface area contributed by atoms with Crippen molar-refractivity contribution in [2.24, 2.45) is 0 Å². The average molecular weight is 311 g/mol. The Balaban J connectivity index is 2.96. The van der Waals surface area contributed by atoms with Gasteiger partial charge < -0.3 is 4.74 Å². The second-order valence-electron chi connectivity index (χ2n) is 2.11. The number of benzene rings is 1. The molecule has 0 fully saturated rings. The summed E-state index contributed by atoms with van der Waals surface area (Å²) in [4.78, 5) is 10.8. The van der Waals surface area contributed by atoms with Crippen LogP contribution in [0.1, 0.15) is 0 Å². The number of ether oxygens (including phenoxy) is 1. The molecule has 0 N–H and O–H groups in total. The highest BCUT2D eigenvalue weighted by molar-refractivity contribution is 14.1. The molecule has 4 nitrogen and oxygen atoms in total. The van der Waals surface area contributed by atoms with Crippen LogP contribution in [0.4, 0.5) is 0 Å². The number of methoxy groups -OCH3 is 1. The minimum Gasteiger partial charge on any atom is -0.497 e. The van der Waals surface area contributed by atoms with E-state index >= 15 is 0 Å². The van der Waals surface area contributed by atoms with Gasteiger partial charge in [-0.1, -0.05) is 0 Å². The molecule has 0 radical (unpaired) electrons. The highest BCUT2D eigenvalue weighted by Gasteiger charge is 2.10. The summed E-state index contributed by atoms with van der Waals surface area (Å²) >= 11 is 2.64. The van der Waals surface area contributed by atoms with Gasteiger partial charge in [0.1, 0.15) is 15.0 Å². The SMILES string of the molecule is COc1ccc(I)c(S[N+](=O)[O-])c1.